The first-order valence-electron chi connectivity index (χ1n) is 7.66. The van der Waals surface area contributed by atoms with Gasteiger partial charge in [0.25, 0.3) is 0 Å². The van der Waals surface area contributed by atoms with E-state index in [4.69, 9.17) is 9.16 Å². The molecule has 120 valence electrons. The second-order valence-corrected chi connectivity index (χ2v) is 11.8. The molecule has 1 atom stereocenters. The quantitative estimate of drug-likeness (QED) is 0.738. The molecule has 0 aliphatic carbocycles. The van der Waals surface area contributed by atoms with E-state index in [1.165, 1.54) is 0 Å². The van der Waals surface area contributed by atoms with E-state index < -0.39 is 8.32 Å². The molecule has 0 aliphatic rings. The Kier molecular flexibility index (Phi) is 7.07. The Hall–Kier alpha value is -0.683. The van der Waals surface area contributed by atoms with Gasteiger partial charge < -0.3 is 14.3 Å². The van der Waals surface area contributed by atoms with Crippen molar-refractivity contribution in [3.63, 3.8) is 0 Å². The lowest BCUT2D eigenvalue weighted by atomic mass is 10.2. The average Bonchev–Trinajstić information content (AvgIpc) is 2.38. The van der Waals surface area contributed by atoms with E-state index in [-0.39, 0.29) is 17.7 Å². The third kappa shape index (κ3) is 6.30. The highest BCUT2D eigenvalue weighted by Crippen LogP contribution is 2.37. The zero-order valence-corrected chi connectivity index (χ0v) is 15.1. The zero-order valence-electron chi connectivity index (χ0n) is 14.1. The molecule has 0 aliphatic heterocycles. The normalized spacial score (nSPS) is 14.2. The largest absolute Gasteiger partial charge is 0.412 e. The van der Waals surface area contributed by atoms with Gasteiger partial charge in [-0.25, -0.2) is 0 Å². The van der Waals surface area contributed by atoms with E-state index in [1.54, 1.807) is 0 Å². The smallest absolute Gasteiger partial charge is 0.192 e. The van der Waals surface area contributed by atoms with E-state index in [2.05, 4.69) is 46.0 Å². The fourth-order valence-electron chi connectivity index (χ4n) is 1.80. The number of ether oxygens (including phenoxy) is 1. The van der Waals surface area contributed by atoms with Crippen molar-refractivity contribution in [1.82, 2.24) is 0 Å². The van der Waals surface area contributed by atoms with Gasteiger partial charge in [0, 0.05) is 6.61 Å². The first-order valence-corrected chi connectivity index (χ1v) is 10.6. The molecule has 1 aromatic rings. The van der Waals surface area contributed by atoms with E-state index in [0.29, 0.717) is 19.6 Å². The molecule has 1 aromatic carbocycles. The van der Waals surface area contributed by atoms with Gasteiger partial charge in [-0.1, -0.05) is 51.1 Å². The summed E-state index contributed by atoms with van der Waals surface area (Å²) in [4.78, 5) is 0. The molecule has 0 spiro atoms. The molecule has 0 saturated carbocycles. The summed E-state index contributed by atoms with van der Waals surface area (Å²) in [5.74, 6) is 0. The van der Waals surface area contributed by atoms with Crippen LogP contribution in [-0.4, -0.2) is 32.7 Å². The Morgan fingerprint density at radius 2 is 1.76 bits per heavy atom. The van der Waals surface area contributed by atoms with Crippen molar-refractivity contribution in [2.24, 2.45) is 0 Å². The van der Waals surface area contributed by atoms with Crippen LogP contribution < -0.4 is 0 Å². The molecule has 0 bridgehead atoms. The number of benzene rings is 1. The molecular formula is C17H30O3Si. The summed E-state index contributed by atoms with van der Waals surface area (Å²) in [6.45, 7) is 12.4. The van der Waals surface area contributed by atoms with Gasteiger partial charge in [-0.15, -0.1) is 0 Å². The predicted octanol–water partition coefficient (Wildman–Crippen LogP) is 3.98. The van der Waals surface area contributed by atoms with Crippen LogP contribution in [0.1, 0.15) is 32.8 Å². The average molecular weight is 311 g/mol. The van der Waals surface area contributed by atoms with Crippen molar-refractivity contribution in [3.05, 3.63) is 35.9 Å². The highest BCUT2D eigenvalue weighted by Gasteiger charge is 2.39. The first-order chi connectivity index (χ1) is 9.76. The number of aliphatic hydroxyl groups excluding tert-OH is 1. The Labute approximate surface area is 130 Å². The summed E-state index contributed by atoms with van der Waals surface area (Å²) in [7, 11) is -1.83. The van der Waals surface area contributed by atoms with Crippen LogP contribution in [0.4, 0.5) is 0 Å². The summed E-state index contributed by atoms with van der Waals surface area (Å²) >= 11 is 0. The number of aliphatic hydroxyl groups is 1. The SMILES string of the molecule is CC(C)(C)[Si](C)(C)OC(CCO)COCc1ccccc1. The molecule has 0 saturated heterocycles. The van der Waals surface area contributed by atoms with Gasteiger partial charge in [0.15, 0.2) is 8.32 Å². The zero-order chi connectivity index (χ0) is 15.9. The second-order valence-electron chi connectivity index (χ2n) is 7.01. The highest BCUT2D eigenvalue weighted by molar-refractivity contribution is 6.74. The molecular weight excluding hydrogens is 280 g/mol. The summed E-state index contributed by atoms with van der Waals surface area (Å²) in [6, 6.07) is 10.1. The minimum atomic E-state index is -1.83. The Morgan fingerprint density at radius 3 is 2.29 bits per heavy atom. The van der Waals surface area contributed by atoms with Crippen LogP contribution in [0.15, 0.2) is 30.3 Å². The molecule has 0 amide bonds. The van der Waals surface area contributed by atoms with Crippen molar-refractivity contribution < 1.29 is 14.3 Å². The first kappa shape index (κ1) is 18.4. The fourth-order valence-corrected chi connectivity index (χ4v) is 3.17. The summed E-state index contributed by atoms with van der Waals surface area (Å²) in [5.41, 5.74) is 1.16. The van der Waals surface area contributed by atoms with Crippen molar-refractivity contribution in [1.29, 1.82) is 0 Å². The van der Waals surface area contributed by atoms with Crippen LogP contribution in [0.2, 0.25) is 18.1 Å². The number of hydrogen-bond acceptors (Lipinski definition) is 3. The van der Waals surface area contributed by atoms with E-state index in [9.17, 15) is 5.11 Å². The molecule has 21 heavy (non-hydrogen) atoms. The highest BCUT2D eigenvalue weighted by atomic mass is 28.4. The van der Waals surface area contributed by atoms with Gasteiger partial charge in [0.2, 0.25) is 0 Å². The summed E-state index contributed by atoms with van der Waals surface area (Å²) in [6.07, 6.45) is 0.598. The minimum absolute atomic E-state index is 0.0281. The Morgan fingerprint density at radius 1 is 1.14 bits per heavy atom. The molecule has 0 radical (unpaired) electrons. The standard InChI is InChI=1S/C17H30O3Si/c1-17(2,3)21(4,5)20-16(11-12-18)14-19-13-15-9-7-6-8-10-15/h6-10,16,18H,11-14H2,1-5H3. The van der Waals surface area contributed by atoms with Gasteiger partial charge in [-0.05, 0) is 30.1 Å². The van der Waals surface area contributed by atoms with Gasteiger partial charge in [0.05, 0.1) is 19.3 Å². The lowest BCUT2D eigenvalue weighted by Crippen LogP contribution is -2.45. The fraction of sp³-hybridized carbons (Fsp3) is 0.647. The van der Waals surface area contributed by atoms with Crippen molar-refractivity contribution in [3.8, 4) is 0 Å². The van der Waals surface area contributed by atoms with Crippen LogP contribution in [0.25, 0.3) is 0 Å². The van der Waals surface area contributed by atoms with Crippen LogP contribution in [0.5, 0.6) is 0 Å². The van der Waals surface area contributed by atoms with Crippen LogP contribution in [0, 0.1) is 0 Å². The van der Waals surface area contributed by atoms with E-state index in [0.717, 1.165) is 5.56 Å². The molecule has 0 aromatic heterocycles. The lowest BCUT2D eigenvalue weighted by molar-refractivity contribution is 0.0229. The number of rotatable bonds is 8. The monoisotopic (exact) mass is 310 g/mol. The molecule has 1 N–H and O–H groups in total. The number of hydrogen-bond donors (Lipinski definition) is 1. The summed E-state index contributed by atoms with van der Waals surface area (Å²) < 4.78 is 12.1. The molecule has 4 heteroatoms. The summed E-state index contributed by atoms with van der Waals surface area (Å²) in [5, 5.41) is 9.40. The maximum absolute atomic E-state index is 9.23. The molecule has 1 rings (SSSR count). The van der Waals surface area contributed by atoms with Crippen molar-refractivity contribution >= 4 is 8.32 Å². The van der Waals surface area contributed by atoms with Crippen LogP contribution in [-0.2, 0) is 15.8 Å². The van der Waals surface area contributed by atoms with Crippen LogP contribution in [0.3, 0.4) is 0 Å². The van der Waals surface area contributed by atoms with Gasteiger partial charge >= 0.3 is 0 Å². The van der Waals surface area contributed by atoms with E-state index >= 15 is 0 Å². The van der Waals surface area contributed by atoms with Crippen molar-refractivity contribution in [2.45, 2.75) is 58.0 Å². The predicted molar refractivity (Wildman–Crippen MR) is 89.9 cm³/mol. The molecule has 0 fully saturated rings. The maximum Gasteiger partial charge on any atom is 0.192 e. The molecule has 3 nitrogen and oxygen atoms in total. The van der Waals surface area contributed by atoms with Crippen molar-refractivity contribution in [2.75, 3.05) is 13.2 Å². The Bertz CT molecular complexity index is 398. The minimum Gasteiger partial charge on any atom is -0.412 e. The maximum atomic E-state index is 9.23. The van der Waals surface area contributed by atoms with E-state index in [1.807, 2.05) is 18.2 Å². The Balaban J connectivity index is 2.50. The topological polar surface area (TPSA) is 38.7 Å². The molecule has 0 heterocycles. The second kappa shape index (κ2) is 8.08. The van der Waals surface area contributed by atoms with Gasteiger partial charge in [-0.3, -0.25) is 0 Å². The molecule has 1 unspecified atom stereocenters. The lowest BCUT2D eigenvalue weighted by Gasteiger charge is -2.39. The third-order valence-electron chi connectivity index (χ3n) is 4.13. The van der Waals surface area contributed by atoms with Gasteiger partial charge in [-0.2, -0.15) is 0 Å². The third-order valence-corrected chi connectivity index (χ3v) is 8.67. The van der Waals surface area contributed by atoms with Gasteiger partial charge in [0.1, 0.15) is 0 Å². The van der Waals surface area contributed by atoms with Crippen LogP contribution >= 0.6 is 0 Å².